The smallest absolute Gasteiger partial charge is 0.269 e. The Kier molecular flexibility index (Phi) is 5.70. The zero-order valence-electron chi connectivity index (χ0n) is 16.7. The second-order valence-corrected chi connectivity index (χ2v) is 7.31. The molecule has 3 aromatic carbocycles. The van der Waals surface area contributed by atoms with Crippen LogP contribution in [0, 0.1) is 10.1 Å². The van der Waals surface area contributed by atoms with E-state index in [1.807, 2.05) is 24.3 Å². The standard InChI is InChI=1S/C23H22N4O4/c24-21-3-1-2-4-22(21)25-23(28)16-5-7-17(8-6-16)26-14-13-20(15-26)31-19-11-9-18(10-12-19)27(29)30/h1-12,20H,13-15,24H2,(H,25,28). The van der Waals surface area contributed by atoms with Crippen molar-refractivity contribution in [3.63, 3.8) is 0 Å². The fourth-order valence-electron chi connectivity index (χ4n) is 3.53. The van der Waals surface area contributed by atoms with E-state index in [1.54, 1.807) is 36.4 Å². The Bertz CT molecular complexity index is 1080. The third-order valence-electron chi connectivity index (χ3n) is 5.20. The second-order valence-electron chi connectivity index (χ2n) is 7.31. The van der Waals surface area contributed by atoms with Crippen molar-refractivity contribution in [2.75, 3.05) is 29.0 Å². The van der Waals surface area contributed by atoms with Gasteiger partial charge in [-0.25, -0.2) is 0 Å². The number of nitrogens with zero attached hydrogens (tertiary/aromatic N) is 2. The van der Waals surface area contributed by atoms with Crippen molar-refractivity contribution in [1.82, 2.24) is 0 Å². The van der Waals surface area contributed by atoms with E-state index in [2.05, 4.69) is 10.2 Å². The van der Waals surface area contributed by atoms with Gasteiger partial charge in [-0.3, -0.25) is 14.9 Å². The first-order valence-corrected chi connectivity index (χ1v) is 9.91. The summed E-state index contributed by atoms with van der Waals surface area (Å²) in [7, 11) is 0. The number of anilines is 3. The summed E-state index contributed by atoms with van der Waals surface area (Å²) in [4.78, 5) is 25.0. The molecule has 1 unspecified atom stereocenters. The number of hydrogen-bond acceptors (Lipinski definition) is 6. The van der Waals surface area contributed by atoms with Gasteiger partial charge >= 0.3 is 0 Å². The zero-order valence-corrected chi connectivity index (χ0v) is 16.7. The van der Waals surface area contributed by atoms with Gasteiger partial charge in [0.05, 0.1) is 22.8 Å². The molecule has 158 valence electrons. The molecule has 0 aliphatic carbocycles. The minimum absolute atomic E-state index is 0.00881. The predicted octanol–water partition coefficient (Wildman–Crippen LogP) is 4.09. The van der Waals surface area contributed by atoms with Crippen LogP contribution in [0.5, 0.6) is 5.75 Å². The predicted molar refractivity (Wildman–Crippen MR) is 120 cm³/mol. The number of rotatable bonds is 6. The van der Waals surface area contributed by atoms with Crippen molar-refractivity contribution >= 4 is 28.7 Å². The van der Waals surface area contributed by atoms with Gasteiger partial charge in [-0.1, -0.05) is 12.1 Å². The number of non-ortho nitro benzene ring substituents is 1. The minimum Gasteiger partial charge on any atom is -0.489 e. The van der Waals surface area contributed by atoms with Gasteiger partial charge in [0.15, 0.2) is 0 Å². The van der Waals surface area contributed by atoms with E-state index in [4.69, 9.17) is 10.5 Å². The molecule has 1 aliphatic rings. The Hall–Kier alpha value is -4.07. The third kappa shape index (κ3) is 4.75. The number of nitrogens with one attached hydrogen (secondary N) is 1. The average Bonchev–Trinajstić information content (AvgIpc) is 3.24. The van der Waals surface area contributed by atoms with Crippen molar-refractivity contribution in [3.05, 3.63) is 88.5 Å². The maximum atomic E-state index is 12.5. The number of hydrogen-bond donors (Lipinski definition) is 2. The number of benzene rings is 3. The minimum atomic E-state index is -0.431. The molecule has 31 heavy (non-hydrogen) atoms. The molecule has 1 amide bonds. The number of nitro groups is 1. The molecule has 1 saturated heterocycles. The molecule has 4 rings (SSSR count). The summed E-state index contributed by atoms with van der Waals surface area (Å²) in [5.41, 5.74) is 8.57. The molecule has 1 atom stereocenters. The summed E-state index contributed by atoms with van der Waals surface area (Å²) in [5.74, 6) is 0.398. The maximum absolute atomic E-state index is 12.5. The number of carbonyl (C=O) groups excluding carboxylic acids is 1. The van der Waals surface area contributed by atoms with Gasteiger partial charge in [-0.2, -0.15) is 0 Å². The van der Waals surface area contributed by atoms with E-state index in [1.165, 1.54) is 12.1 Å². The molecule has 0 radical (unpaired) electrons. The first-order chi connectivity index (χ1) is 15.0. The van der Waals surface area contributed by atoms with Crippen LogP contribution in [0.3, 0.4) is 0 Å². The molecular formula is C23H22N4O4. The lowest BCUT2D eigenvalue weighted by Crippen LogP contribution is -2.24. The summed E-state index contributed by atoms with van der Waals surface area (Å²) < 4.78 is 5.96. The van der Waals surface area contributed by atoms with E-state index >= 15 is 0 Å². The van der Waals surface area contributed by atoms with Crippen LogP contribution in [0.1, 0.15) is 16.8 Å². The van der Waals surface area contributed by atoms with Gasteiger partial charge in [-0.15, -0.1) is 0 Å². The largest absolute Gasteiger partial charge is 0.489 e. The van der Waals surface area contributed by atoms with Crippen LogP contribution < -0.4 is 20.7 Å². The normalized spacial score (nSPS) is 15.5. The van der Waals surface area contributed by atoms with Gasteiger partial charge in [0, 0.05) is 36.3 Å². The summed E-state index contributed by atoms with van der Waals surface area (Å²) >= 11 is 0. The lowest BCUT2D eigenvalue weighted by molar-refractivity contribution is -0.384. The molecule has 0 bridgehead atoms. The molecule has 0 spiro atoms. The molecular weight excluding hydrogens is 396 g/mol. The number of amides is 1. The molecule has 0 aromatic heterocycles. The first-order valence-electron chi connectivity index (χ1n) is 9.91. The highest BCUT2D eigenvalue weighted by atomic mass is 16.6. The van der Waals surface area contributed by atoms with E-state index in [-0.39, 0.29) is 17.7 Å². The summed E-state index contributed by atoms with van der Waals surface area (Å²) in [6, 6.07) is 20.6. The summed E-state index contributed by atoms with van der Waals surface area (Å²) in [6.45, 7) is 1.52. The number of carbonyl (C=O) groups is 1. The quantitative estimate of drug-likeness (QED) is 0.354. The molecule has 1 heterocycles. The van der Waals surface area contributed by atoms with Crippen molar-refractivity contribution in [2.24, 2.45) is 0 Å². The molecule has 1 fully saturated rings. The number of nitrogens with two attached hydrogens (primary N) is 1. The Morgan fingerprint density at radius 3 is 2.45 bits per heavy atom. The van der Waals surface area contributed by atoms with Gasteiger partial charge in [0.2, 0.25) is 0 Å². The highest BCUT2D eigenvalue weighted by Gasteiger charge is 2.24. The number of ether oxygens (including phenoxy) is 1. The summed E-state index contributed by atoms with van der Waals surface area (Å²) in [5, 5.41) is 13.6. The molecule has 3 aromatic rings. The summed E-state index contributed by atoms with van der Waals surface area (Å²) in [6.07, 6.45) is 0.831. The van der Waals surface area contributed by atoms with Crippen LogP contribution in [0.4, 0.5) is 22.7 Å². The highest BCUT2D eigenvalue weighted by molar-refractivity contribution is 6.05. The zero-order chi connectivity index (χ0) is 21.8. The van der Waals surface area contributed by atoms with Crippen LogP contribution >= 0.6 is 0 Å². The lowest BCUT2D eigenvalue weighted by Gasteiger charge is -2.19. The highest BCUT2D eigenvalue weighted by Crippen LogP contribution is 2.26. The van der Waals surface area contributed by atoms with E-state index in [0.717, 1.165) is 18.7 Å². The maximum Gasteiger partial charge on any atom is 0.269 e. The molecule has 3 N–H and O–H groups in total. The number of nitrogen functional groups attached to an aromatic ring is 1. The monoisotopic (exact) mass is 418 g/mol. The Morgan fingerprint density at radius 1 is 1.06 bits per heavy atom. The first kappa shape index (κ1) is 20.2. The second kappa shape index (κ2) is 8.74. The topological polar surface area (TPSA) is 111 Å². The lowest BCUT2D eigenvalue weighted by atomic mass is 10.1. The molecule has 0 saturated carbocycles. The Morgan fingerprint density at radius 2 is 1.77 bits per heavy atom. The van der Waals surface area contributed by atoms with E-state index < -0.39 is 4.92 Å². The number of para-hydroxylation sites is 2. The van der Waals surface area contributed by atoms with Gasteiger partial charge in [0.25, 0.3) is 11.6 Å². The van der Waals surface area contributed by atoms with Crippen molar-refractivity contribution in [2.45, 2.75) is 12.5 Å². The van der Waals surface area contributed by atoms with E-state index in [0.29, 0.717) is 29.2 Å². The van der Waals surface area contributed by atoms with Crippen LogP contribution in [0.15, 0.2) is 72.8 Å². The van der Waals surface area contributed by atoms with Crippen LogP contribution in [-0.4, -0.2) is 30.0 Å². The third-order valence-corrected chi connectivity index (χ3v) is 5.20. The van der Waals surface area contributed by atoms with Gasteiger partial charge < -0.3 is 20.7 Å². The van der Waals surface area contributed by atoms with Crippen LogP contribution in [-0.2, 0) is 0 Å². The average molecular weight is 418 g/mol. The van der Waals surface area contributed by atoms with Gasteiger partial charge in [0.1, 0.15) is 11.9 Å². The SMILES string of the molecule is Nc1ccccc1NC(=O)c1ccc(N2CCC(Oc3ccc([N+](=O)[O-])cc3)C2)cc1. The van der Waals surface area contributed by atoms with Crippen molar-refractivity contribution in [3.8, 4) is 5.75 Å². The van der Waals surface area contributed by atoms with Crippen molar-refractivity contribution < 1.29 is 14.5 Å². The molecule has 8 nitrogen and oxygen atoms in total. The molecule has 1 aliphatic heterocycles. The van der Waals surface area contributed by atoms with Crippen molar-refractivity contribution in [1.29, 1.82) is 0 Å². The van der Waals surface area contributed by atoms with Gasteiger partial charge in [-0.05, 0) is 48.5 Å². The van der Waals surface area contributed by atoms with Crippen LogP contribution in [0.2, 0.25) is 0 Å². The van der Waals surface area contributed by atoms with E-state index in [9.17, 15) is 14.9 Å². The Labute approximate surface area is 179 Å². The molecule has 8 heteroatoms. The van der Waals surface area contributed by atoms with Crippen LogP contribution in [0.25, 0.3) is 0 Å². The number of nitro benzene ring substituents is 1. The fourth-order valence-corrected chi connectivity index (χ4v) is 3.53. The Balaban J connectivity index is 1.34. The fraction of sp³-hybridized carbons (Fsp3) is 0.174.